The van der Waals surface area contributed by atoms with Gasteiger partial charge in [-0.15, -0.1) is 0 Å². The first-order valence-corrected chi connectivity index (χ1v) is 9.26. The number of sulfonamides is 1. The van der Waals surface area contributed by atoms with Gasteiger partial charge in [-0.05, 0) is 48.4 Å². The van der Waals surface area contributed by atoms with Gasteiger partial charge >= 0.3 is 0 Å². The second-order valence-electron chi connectivity index (χ2n) is 5.48. The third-order valence-corrected chi connectivity index (χ3v) is 5.35. The topological polar surface area (TPSA) is 46.2 Å². The van der Waals surface area contributed by atoms with E-state index in [4.69, 9.17) is 11.6 Å². The van der Waals surface area contributed by atoms with E-state index in [1.807, 2.05) is 37.3 Å². The lowest BCUT2D eigenvalue weighted by Crippen LogP contribution is -2.12. The first-order chi connectivity index (χ1) is 11.5. The smallest absolute Gasteiger partial charge is 0.261 e. The van der Waals surface area contributed by atoms with Crippen LogP contribution in [0.25, 0.3) is 11.1 Å². The van der Waals surface area contributed by atoms with Crippen LogP contribution in [0.3, 0.4) is 0 Å². The molecular formula is C19H16ClNO2S. The summed E-state index contributed by atoms with van der Waals surface area (Å²) in [4.78, 5) is 0.208. The molecule has 3 aromatic carbocycles. The number of rotatable bonds is 4. The maximum atomic E-state index is 12.5. The van der Waals surface area contributed by atoms with Crippen LogP contribution >= 0.6 is 11.6 Å². The van der Waals surface area contributed by atoms with Crippen LogP contribution in [0.5, 0.6) is 0 Å². The van der Waals surface area contributed by atoms with Gasteiger partial charge in [0, 0.05) is 16.3 Å². The minimum atomic E-state index is -3.62. The fourth-order valence-electron chi connectivity index (χ4n) is 2.43. The highest BCUT2D eigenvalue weighted by atomic mass is 35.5. The number of aryl methyl sites for hydroxylation is 1. The number of anilines is 1. The Balaban J connectivity index is 1.88. The van der Waals surface area contributed by atoms with E-state index < -0.39 is 10.0 Å². The minimum Gasteiger partial charge on any atom is -0.280 e. The van der Waals surface area contributed by atoms with E-state index in [2.05, 4.69) is 4.72 Å². The molecule has 0 aromatic heterocycles. The van der Waals surface area contributed by atoms with E-state index in [1.165, 1.54) is 0 Å². The Bertz CT molecular complexity index is 967. The van der Waals surface area contributed by atoms with Crippen molar-refractivity contribution in [3.05, 3.63) is 83.4 Å². The highest BCUT2D eigenvalue weighted by Crippen LogP contribution is 2.28. The van der Waals surface area contributed by atoms with Crippen molar-refractivity contribution in [2.45, 2.75) is 11.8 Å². The quantitative estimate of drug-likeness (QED) is 0.704. The van der Waals surface area contributed by atoms with Gasteiger partial charge in [-0.2, -0.15) is 0 Å². The lowest BCUT2D eigenvalue weighted by Gasteiger charge is -2.10. The molecule has 1 N–H and O–H groups in total. The molecule has 5 heteroatoms. The maximum absolute atomic E-state index is 12.5. The summed E-state index contributed by atoms with van der Waals surface area (Å²) < 4.78 is 27.6. The molecule has 0 fully saturated rings. The van der Waals surface area contributed by atoms with Crippen molar-refractivity contribution < 1.29 is 8.42 Å². The summed E-state index contributed by atoms with van der Waals surface area (Å²) in [5.74, 6) is 0. The van der Waals surface area contributed by atoms with Crippen LogP contribution in [0.4, 0.5) is 5.69 Å². The predicted octanol–water partition coefficient (Wildman–Crippen LogP) is 5.12. The largest absolute Gasteiger partial charge is 0.280 e. The molecule has 3 rings (SSSR count). The molecule has 0 heterocycles. The van der Waals surface area contributed by atoms with Crippen LogP contribution in [0, 0.1) is 6.92 Å². The van der Waals surface area contributed by atoms with Crippen LogP contribution in [0.2, 0.25) is 5.02 Å². The Morgan fingerprint density at radius 1 is 0.875 bits per heavy atom. The molecular weight excluding hydrogens is 342 g/mol. The minimum absolute atomic E-state index is 0.208. The van der Waals surface area contributed by atoms with Gasteiger partial charge in [-0.3, -0.25) is 4.72 Å². The molecule has 3 nitrogen and oxygen atoms in total. The van der Waals surface area contributed by atoms with Crippen molar-refractivity contribution in [1.82, 2.24) is 0 Å². The third kappa shape index (κ3) is 3.61. The molecule has 0 saturated carbocycles. The number of benzene rings is 3. The summed E-state index contributed by atoms with van der Waals surface area (Å²) in [5.41, 5.74) is 3.28. The molecule has 0 aliphatic heterocycles. The average molecular weight is 358 g/mol. The molecule has 0 aliphatic carbocycles. The standard InChI is InChI=1S/C19H16ClNO2S/c1-14-5-4-6-16(13-14)21-24(22,23)17-11-9-15(10-12-17)18-7-2-3-8-19(18)20/h2-13,21H,1H3. The zero-order valence-corrected chi connectivity index (χ0v) is 14.6. The number of hydrogen-bond acceptors (Lipinski definition) is 2. The number of nitrogens with one attached hydrogen (secondary N) is 1. The second-order valence-corrected chi connectivity index (χ2v) is 7.57. The molecule has 0 amide bonds. The summed E-state index contributed by atoms with van der Waals surface area (Å²) in [6.07, 6.45) is 0. The van der Waals surface area contributed by atoms with Crippen LogP contribution in [-0.2, 0) is 10.0 Å². The van der Waals surface area contributed by atoms with Crippen LogP contribution < -0.4 is 4.72 Å². The summed E-state index contributed by atoms with van der Waals surface area (Å²) in [6, 6.07) is 21.4. The van der Waals surface area contributed by atoms with E-state index in [-0.39, 0.29) is 4.90 Å². The van der Waals surface area contributed by atoms with E-state index in [0.717, 1.165) is 16.7 Å². The van der Waals surface area contributed by atoms with Crippen molar-refractivity contribution in [2.24, 2.45) is 0 Å². The molecule has 0 aliphatic rings. The average Bonchev–Trinajstić information content (AvgIpc) is 2.55. The van der Waals surface area contributed by atoms with Gasteiger partial charge in [0.25, 0.3) is 10.0 Å². The van der Waals surface area contributed by atoms with Gasteiger partial charge < -0.3 is 0 Å². The van der Waals surface area contributed by atoms with E-state index >= 15 is 0 Å². The Morgan fingerprint density at radius 2 is 1.58 bits per heavy atom. The van der Waals surface area contributed by atoms with E-state index in [1.54, 1.807) is 42.5 Å². The fourth-order valence-corrected chi connectivity index (χ4v) is 3.73. The van der Waals surface area contributed by atoms with Crippen LogP contribution in [0.15, 0.2) is 77.7 Å². The first-order valence-electron chi connectivity index (χ1n) is 7.40. The number of halogens is 1. The van der Waals surface area contributed by atoms with Gasteiger partial charge in [-0.25, -0.2) is 8.42 Å². The Kier molecular flexibility index (Phi) is 4.60. The molecule has 0 unspecified atom stereocenters. The Labute approximate surface area is 147 Å². The van der Waals surface area contributed by atoms with Gasteiger partial charge in [0.05, 0.1) is 4.90 Å². The van der Waals surface area contributed by atoms with Crippen molar-refractivity contribution >= 4 is 27.3 Å². The summed E-state index contributed by atoms with van der Waals surface area (Å²) >= 11 is 6.18. The highest BCUT2D eigenvalue weighted by molar-refractivity contribution is 7.92. The molecule has 24 heavy (non-hydrogen) atoms. The van der Waals surface area contributed by atoms with Crippen LogP contribution in [-0.4, -0.2) is 8.42 Å². The molecule has 122 valence electrons. The molecule has 0 radical (unpaired) electrons. The molecule has 0 atom stereocenters. The van der Waals surface area contributed by atoms with Crippen molar-refractivity contribution in [1.29, 1.82) is 0 Å². The second kappa shape index (κ2) is 6.67. The monoisotopic (exact) mass is 357 g/mol. The zero-order valence-electron chi connectivity index (χ0n) is 13.0. The van der Waals surface area contributed by atoms with E-state index in [9.17, 15) is 8.42 Å². The van der Waals surface area contributed by atoms with Crippen molar-refractivity contribution in [3.63, 3.8) is 0 Å². The lowest BCUT2D eigenvalue weighted by molar-refractivity contribution is 0.601. The molecule has 0 spiro atoms. The lowest BCUT2D eigenvalue weighted by atomic mass is 10.1. The zero-order chi connectivity index (χ0) is 17.2. The molecule has 3 aromatic rings. The Morgan fingerprint density at radius 3 is 2.25 bits per heavy atom. The fraction of sp³-hybridized carbons (Fsp3) is 0.0526. The third-order valence-electron chi connectivity index (χ3n) is 3.62. The van der Waals surface area contributed by atoms with Gasteiger partial charge in [-0.1, -0.05) is 54.1 Å². The summed E-state index contributed by atoms with van der Waals surface area (Å²) in [7, 11) is -3.62. The van der Waals surface area contributed by atoms with Crippen LogP contribution in [0.1, 0.15) is 5.56 Å². The molecule has 0 saturated heterocycles. The van der Waals surface area contributed by atoms with Gasteiger partial charge in [0.15, 0.2) is 0 Å². The van der Waals surface area contributed by atoms with E-state index in [0.29, 0.717) is 10.7 Å². The first kappa shape index (κ1) is 16.6. The number of hydrogen-bond donors (Lipinski definition) is 1. The maximum Gasteiger partial charge on any atom is 0.261 e. The highest BCUT2D eigenvalue weighted by Gasteiger charge is 2.14. The summed E-state index contributed by atoms with van der Waals surface area (Å²) in [6.45, 7) is 1.91. The SMILES string of the molecule is Cc1cccc(NS(=O)(=O)c2ccc(-c3ccccc3Cl)cc2)c1. The normalized spacial score (nSPS) is 11.2. The van der Waals surface area contributed by atoms with Gasteiger partial charge in [0.2, 0.25) is 0 Å². The van der Waals surface area contributed by atoms with Crippen molar-refractivity contribution in [2.75, 3.05) is 4.72 Å². The van der Waals surface area contributed by atoms with Crippen molar-refractivity contribution in [3.8, 4) is 11.1 Å². The predicted molar refractivity (Wildman–Crippen MR) is 98.9 cm³/mol. The summed E-state index contributed by atoms with van der Waals surface area (Å²) in [5, 5.41) is 0.631. The van der Waals surface area contributed by atoms with Gasteiger partial charge in [0.1, 0.15) is 0 Å². The molecule has 0 bridgehead atoms. The Hall–Kier alpha value is -2.30.